The zero-order valence-electron chi connectivity index (χ0n) is 9.21. The molecule has 0 saturated heterocycles. The van der Waals surface area contributed by atoms with Gasteiger partial charge in [0.2, 0.25) is 0 Å². The molecular formula is C10H20N2O2. The highest BCUT2D eigenvalue weighted by Crippen LogP contribution is 2.00. The molecule has 0 unspecified atom stereocenters. The highest BCUT2D eigenvalue weighted by molar-refractivity contribution is 5.86. The molecule has 0 aromatic carbocycles. The Morgan fingerprint density at radius 3 is 2.64 bits per heavy atom. The van der Waals surface area contributed by atoms with Crippen LogP contribution in [0.15, 0.2) is 11.6 Å². The lowest BCUT2D eigenvalue weighted by Crippen LogP contribution is -2.27. The fourth-order valence-electron chi connectivity index (χ4n) is 1.04. The van der Waals surface area contributed by atoms with Gasteiger partial charge >= 0.3 is 5.97 Å². The first-order chi connectivity index (χ1) is 6.61. The van der Waals surface area contributed by atoms with Crippen molar-refractivity contribution in [3.63, 3.8) is 0 Å². The van der Waals surface area contributed by atoms with Crippen LogP contribution in [-0.2, 0) is 4.79 Å². The van der Waals surface area contributed by atoms with Crippen LogP contribution in [0.1, 0.15) is 13.3 Å². The standard InChI is InChI=1S/C10H20N2O2/c1-4-9(10(13)14)5-7-12(3)8-6-11-2/h5,11H,4,6-8H2,1-3H3,(H,13,14). The Hall–Kier alpha value is -0.870. The molecule has 14 heavy (non-hydrogen) atoms. The minimum Gasteiger partial charge on any atom is -0.478 e. The first kappa shape index (κ1) is 13.1. The molecule has 0 aromatic heterocycles. The van der Waals surface area contributed by atoms with Gasteiger partial charge in [-0.1, -0.05) is 13.0 Å². The van der Waals surface area contributed by atoms with Crippen LogP contribution in [0.4, 0.5) is 0 Å². The van der Waals surface area contributed by atoms with E-state index in [-0.39, 0.29) is 0 Å². The van der Waals surface area contributed by atoms with E-state index in [9.17, 15) is 4.79 Å². The summed E-state index contributed by atoms with van der Waals surface area (Å²) in [5.74, 6) is -0.811. The third-order valence-electron chi connectivity index (χ3n) is 2.05. The SMILES string of the molecule is CCC(=CCN(C)CCNC)C(=O)O. The van der Waals surface area contributed by atoms with Crippen LogP contribution in [-0.4, -0.2) is 49.7 Å². The largest absolute Gasteiger partial charge is 0.478 e. The molecule has 0 aliphatic carbocycles. The number of nitrogens with one attached hydrogen (secondary N) is 1. The van der Waals surface area contributed by atoms with E-state index < -0.39 is 5.97 Å². The van der Waals surface area contributed by atoms with Crippen LogP contribution in [0.2, 0.25) is 0 Å². The molecule has 0 aromatic rings. The summed E-state index contributed by atoms with van der Waals surface area (Å²) in [5, 5.41) is 11.8. The summed E-state index contributed by atoms with van der Waals surface area (Å²) in [7, 11) is 3.88. The molecule has 82 valence electrons. The lowest BCUT2D eigenvalue weighted by Gasteiger charge is -2.13. The molecule has 0 spiro atoms. The van der Waals surface area contributed by atoms with Crippen molar-refractivity contribution in [2.24, 2.45) is 0 Å². The number of nitrogens with zero attached hydrogens (tertiary/aromatic N) is 1. The third kappa shape index (κ3) is 5.72. The first-order valence-corrected chi connectivity index (χ1v) is 4.87. The molecular weight excluding hydrogens is 180 g/mol. The highest BCUT2D eigenvalue weighted by Gasteiger charge is 2.03. The maximum absolute atomic E-state index is 10.7. The minimum absolute atomic E-state index is 0.487. The maximum Gasteiger partial charge on any atom is 0.331 e. The lowest BCUT2D eigenvalue weighted by atomic mass is 10.2. The molecule has 0 rings (SSSR count). The van der Waals surface area contributed by atoms with Gasteiger partial charge in [-0.3, -0.25) is 0 Å². The van der Waals surface area contributed by atoms with Gasteiger partial charge in [0, 0.05) is 25.2 Å². The summed E-state index contributed by atoms with van der Waals surface area (Å²) >= 11 is 0. The van der Waals surface area contributed by atoms with Crippen molar-refractivity contribution in [1.82, 2.24) is 10.2 Å². The lowest BCUT2D eigenvalue weighted by molar-refractivity contribution is -0.132. The second-order valence-electron chi connectivity index (χ2n) is 3.25. The number of carboxylic acids is 1. The van der Waals surface area contributed by atoms with Crippen molar-refractivity contribution >= 4 is 5.97 Å². The predicted molar refractivity (Wildman–Crippen MR) is 57.4 cm³/mol. The zero-order chi connectivity index (χ0) is 11.0. The average molecular weight is 200 g/mol. The summed E-state index contributed by atoms with van der Waals surface area (Å²) in [6, 6.07) is 0. The van der Waals surface area contributed by atoms with Crippen LogP contribution in [0.5, 0.6) is 0 Å². The van der Waals surface area contributed by atoms with Gasteiger partial charge in [-0.25, -0.2) is 4.79 Å². The van der Waals surface area contributed by atoms with Crippen molar-refractivity contribution in [1.29, 1.82) is 0 Å². The summed E-state index contributed by atoms with van der Waals surface area (Å²) in [6.07, 6.45) is 2.35. The molecule has 0 aliphatic heterocycles. The van der Waals surface area contributed by atoms with Gasteiger partial charge in [-0.05, 0) is 20.5 Å². The van der Waals surface area contributed by atoms with Crippen molar-refractivity contribution in [2.45, 2.75) is 13.3 Å². The second-order valence-corrected chi connectivity index (χ2v) is 3.25. The van der Waals surface area contributed by atoms with Gasteiger partial charge in [-0.2, -0.15) is 0 Å². The Labute approximate surface area is 85.6 Å². The number of hydrogen-bond acceptors (Lipinski definition) is 3. The van der Waals surface area contributed by atoms with E-state index in [1.165, 1.54) is 0 Å². The minimum atomic E-state index is -0.811. The number of aliphatic carboxylic acids is 1. The molecule has 4 nitrogen and oxygen atoms in total. The number of rotatable bonds is 7. The normalized spacial score (nSPS) is 12.1. The van der Waals surface area contributed by atoms with E-state index in [2.05, 4.69) is 10.2 Å². The Bertz CT molecular complexity index is 202. The summed E-state index contributed by atoms with van der Waals surface area (Å²) in [4.78, 5) is 12.7. The smallest absolute Gasteiger partial charge is 0.331 e. The Balaban J connectivity index is 3.92. The number of hydrogen-bond donors (Lipinski definition) is 2. The van der Waals surface area contributed by atoms with E-state index in [4.69, 9.17) is 5.11 Å². The third-order valence-corrected chi connectivity index (χ3v) is 2.05. The Morgan fingerprint density at radius 1 is 1.57 bits per heavy atom. The summed E-state index contributed by atoms with van der Waals surface area (Å²) in [5.41, 5.74) is 0.487. The van der Waals surface area contributed by atoms with Crippen LogP contribution in [0.25, 0.3) is 0 Å². The van der Waals surface area contributed by atoms with Crippen molar-refractivity contribution in [3.8, 4) is 0 Å². The van der Waals surface area contributed by atoms with Crippen LogP contribution in [0, 0.1) is 0 Å². The fourth-order valence-corrected chi connectivity index (χ4v) is 1.04. The Kier molecular flexibility index (Phi) is 7.06. The van der Waals surface area contributed by atoms with E-state index in [0.717, 1.165) is 13.1 Å². The topological polar surface area (TPSA) is 52.6 Å². The summed E-state index contributed by atoms with van der Waals surface area (Å²) in [6.45, 7) is 4.38. The van der Waals surface area contributed by atoms with Gasteiger partial charge in [0.1, 0.15) is 0 Å². The number of carbonyl (C=O) groups is 1. The monoisotopic (exact) mass is 200 g/mol. The van der Waals surface area contributed by atoms with Crippen molar-refractivity contribution in [2.75, 3.05) is 33.7 Å². The van der Waals surface area contributed by atoms with Crippen LogP contribution >= 0.6 is 0 Å². The van der Waals surface area contributed by atoms with E-state index in [1.807, 2.05) is 21.0 Å². The van der Waals surface area contributed by atoms with E-state index in [0.29, 0.717) is 18.5 Å². The molecule has 0 fully saturated rings. The van der Waals surface area contributed by atoms with Gasteiger partial charge < -0.3 is 15.3 Å². The van der Waals surface area contributed by atoms with Crippen molar-refractivity contribution < 1.29 is 9.90 Å². The maximum atomic E-state index is 10.7. The molecule has 0 bridgehead atoms. The fraction of sp³-hybridized carbons (Fsp3) is 0.700. The average Bonchev–Trinajstić information content (AvgIpc) is 2.15. The van der Waals surface area contributed by atoms with Crippen molar-refractivity contribution in [3.05, 3.63) is 11.6 Å². The molecule has 0 aliphatic rings. The second kappa shape index (κ2) is 7.53. The number of likely N-dealkylation sites (N-methyl/N-ethyl adjacent to an activating group) is 2. The molecule has 0 saturated carbocycles. The zero-order valence-corrected chi connectivity index (χ0v) is 9.21. The molecule has 0 amide bonds. The van der Waals surface area contributed by atoms with Gasteiger partial charge in [0.25, 0.3) is 0 Å². The molecule has 0 radical (unpaired) electrons. The van der Waals surface area contributed by atoms with Gasteiger partial charge in [-0.15, -0.1) is 0 Å². The van der Waals surface area contributed by atoms with Crippen LogP contribution < -0.4 is 5.32 Å². The number of carboxylic acid groups (broad SMARTS) is 1. The Morgan fingerprint density at radius 2 is 2.21 bits per heavy atom. The van der Waals surface area contributed by atoms with Crippen LogP contribution in [0.3, 0.4) is 0 Å². The quantitative estimate of drug-likeness (QED) is 0.590. The summed E-state index contributed by atoms with van der Waals surface area (Å²) < 4.78 is 0. The van der Waals surface area contributed by atoms with Gasteiger partial charge in [0.05, 0.1) is 0 Å². The first-order valence-electron chi connectivity index (χ1n) is 4.87. The van der Waals surface area contributed by atoms with Gasteiger partial charge in [0.15, 0.2) is 0 Å². The molecule has 0 atom stereocenters. The highest BCUT2D eigenvalue weighted by atomic mass is 16.4. The van der Waals surface area contributed by atoms with E-state index in [1.54, 1.807) is 6.08 Å². The van der Waals surface area contributed by atoms with E-state index >= 15 is 0 Å². The predicted octanol–water partition coefficient (Wildman–Crippen LogP) is 0.559. The molecule has 4 heteroatoms. The molecule has 2 N–H and O–H groups in total. The molecule has 0 heterocycles.